The third kappa shape index (κ3) is 4.88. The summed E-state index contributed by atoms with van der Waals surface area (Å²) < 4.78 is 18.2. The fourth-order valence-corrected chi connectivity index (χ4v) is 1.83. The van der Waals surface area contributed by atoms with E-state index in [-0.39, 0.29) is 5.82 Å². The Labute approximate surface area is 96.6 Å². The molecule has 1 aromatic carbocycles. The van der Waals surface area contributed by atoms with Gasteiger partial charge in [-0.3, -0.25) is 0 Å². The van der Waals surface area contributed by atoms with Gasteiger partial charge in [-0.2, -0.15) is 0 Å². The summed E-state index contributed by atoms with van der Waals surface area (Å²) in [5.74, 6) is 0.151. The maximum atomic E-state index is 12.6. The summed E-state index contributed by atoms with van der Waals surface area (Å²) in [7, 11) is -1.64. The Morgan fingerprint density at radius 3 is 2.38 bits per heavy atom. The largest absolute Gasteiger partial charge is 0.532 e. The van der Waals surface area contributed by atoms with Crippen LogP contribution in [0, 0.1) is 5.82 Å². The summed E-state index contributed by atoms with van der Waals surface area (Å²) in [6.45, 7) is 9.90. The molecule has 0 aliphatic heterocycles. The van der Waals surface area contributed by atoms with Crippen molar-refractivity contribution in [2.45, 2.75) is 19.6 Å². The molecule has 2 nitrogen and oxygen atoms in total. The Morgan fingerprint density at radius 1 is 1.31 bits per heavy atom. The van der Waals surface area contributed by atoms with Crippen LogP contribution in [0.4, 0.5) is 4.39 Å². The third-order valence-corrected chi connectivity index (χ3v) is 2.50. The van der Waals surface area contributed by atoms with Gasteiger partial charge in [0, 0.05) is 6.21 Å². The average molecular weight is 237 g/mol. The van der Waals surface area contributed by atoms with Crippen LogP contribution in [0.3, 0.4) is 0 Å². The second-order valence-electron chi connectivity index (χ2n) is 4.42. The second-order valence-corrected chi connectivity index (χ2v) is 8.85. The minimum atomic E-state index is -1.64. The molecule has 1 rings (SSSR count). The molecule has 0 aromatic heterocycles. The fourth-order valence-electron chi connectivity index (χ4n) is 1.08. The molecular weight excluding hydrogens is 221 g/mol. The van der Waals surface area contributed by atoms with E-state index in [0.717, 1.165) is 5.56 Å². The number of halogens is 1. The summed E-state index contributed by atoms with van der Waals surface area (Å²) in [6.07, 6.45) is 1.61. The fraction of sp³-hybridized carbons (Fsp3) is 0.250. The lowest BCUT2D eigenvalue weighted by molar-refractivity contribution is 0.421. The highest BCUT2D eigenvalue weighted by Gasteiger charge is 2.15. The van der Waals surface area contributed by atoms with Gasteiger partial charge in [-0.05, 0) is 43.9 Å². The van der Waals surface area contributed by atoms with Crippen molar-refractivity contribution in [1.82, 2.24) is 0 Å². The van der Waals surface area contributed by atoms with E-state index in [0.29, 0.717) is 5.88 Å². The summed E-state index contributed by atoms with van der Waals surface area (Å²) in [5, 5.41) is 0. The van der Waals surface area contributed by atoms with Crippen LogP contribution >= 0.6 is 0 Å². The zero-order valence-corrected chi connectivity index (χ0v) is 10.8. The predicted octanol–water partition coefficient (Wildman–Crippen LogP) is 3.57. The molecule has 0 amide bonds. The van der Waals surface area contributed by atoms with E-state index in [2.05, 4.69) is 31.2 Å². The van der Waals surface area contributed by atoms with Crippen molar-refractivity contribution in [2.75, 3.05) is 0 Å². The van der Waals surface area contributed by atoms with Gasteiger partial charge in [-0.25, -0.2) is 9.38 Å². The molecule has 16 heavy (non-hydrogen) atoms. The molecule has 0 N–H and O–H groups in total. The van der Waals surface area contributed by atoms with Crippen LogP contribution in [0.2, 0.25) is 19.6 Å². The van der Waals surface area contributed by atoms with Crippen LogP contribution in [-0.2, 0) is 4.43 Å². The lowest BCUT2D eigenvalue weighted by Gasteiger charge is -2.17. The van der Waals surface area contributed by atoms with Crippen molar-refractivity contribution < 1.29 is 8.82 Å². The van der Waals surface area contributed by atoms with Gasteiger partial charge in [0.1, 0.15) is 5.82 Å². The molecule has 0 aliphatic carbocycles. The molecule has 0 radical (unpaired) electrons. The van der Waals surface area contributed by atoms with Gasteiger partial charge in [0.25, 0.3) is 0 Å². The Balaban J connectivity index is 2.60. The first kappa shape index (κ1) is 12.6. The minimum absolute atomic E-state index is 0.255. The molecule has 0 spiro atoms. The quantitative estimate of drug-likeness (QED) is 0.445. The number of hydrogen-bond acceptors (Lipinski definition) is 2. The van der Waals surface area contributed by atoms with Crippen LogP contribution in [0.25, 0.3) is 0 Å². The normalized spacial score (nSPS) is 11.8. The number of rotatable bonds is 4. The van der Waals surface area contributed by atoms with E-state index in [1.807, 2.05) is 0 Å². The highest BCUT2D eigenvalue weighted by molar-refractivity contribution is 6.70. The van der Waals surface area contributed by atoms with Gasteiger partial charge in [-0.1, -0.05) is 12.1 Å². The SMILES string of the molecule is C=C(N=Cc1ccc(F)cc1)O[Si](C)(C)C. The lowest BCUT2D eigenvalue weighted by Crippen LogP contribution is -2.24. The Kier molecular flexibility index (Phi) is 4.01. The molecule has 0 saturated heterocycles. The summed E-state index contributed by atoms with van der Waals surface area (Å²) in [6, 6.07) is 6.09. The van der Waals surface area contributed by atoms with Crippen molar-refractivity contribution in [3.05, 3.63) is 48.1 Å². The van der Waals surface area contributed by atoms with E-state index >= 15 is 0 Å². The van der Waals surface area contributed by atoms with Gasteiger partial charge in [0.05, 0.1) is 0 Å². The van der Waals surface area contributed by atoms with E-state index in [1.54, 1.807) is 18.3 Å². The Morgan fingerprint density at radius 2 is 1.88 bits per heavy atom. The van der Waals surface area contributed by atoms with Crippen LogP contribution in [-0.4, -0.2) is 14.5 Å². The first-order valence-corrected chi connectivity index (χ1v) is 8.45. The first-order chi connectivity index (χ1) is 7.37. The van der Waals surface area contributed by atoms with Gasteiger partial charge in [-0.15, -0.1) is 0 Å². The Bertz CT molecular complexity index is 392. The van der Waals surface area contributed by atoms with Gasteiger partial charge in [0.15, 0.2) is 5.88 Å². The molecule has 0 aliphatic rings. The summed E-state index contributed by atoms with van der Waals surface area (Å²) in [5.41, 5.74) is 0.821. The van der Waals surface area contributed by atoms with Crippen LogP contribution < -0.4 is 0 Å². The van der Waals surface area contributed by atoms with E-state index < -0.39 is 8.32 Å². The molecule has 86 valence electrons. The second kappa shape index (κ2) is 5.07. The smallest absolute Gasteiger partial charge is 0.244 e. The summed E-state index contributed by atoms with van der Waals surface area (Å²) in [4.78, 5) is 4.08. The van der Waals surface area contributed by atoms with Crippen molar-refractivity contribution in [3.63, 3.8) is 0 Å². The van der Waals surface area contributed by atoms with Crippen LogP contribution in [0.5, 0.6) is 0 Å². The van der Waals surface area contributed by atoms with Crippen molar-refractivity contribution in [1.29, 1.82) is 0 Å². The molecule has 1 aromatic rings. The van der Waals surface area contributed by atoms with Gasteiger partial charge < -0.3 is 4.43 Å². The van der Waals surface area contributed by atoms with Crippen molar-refractivity contribution in [3.8, 4) is 0 Å². The van der Waals surface area contributed by atoms with Crippen molar-refractivity contribution >= 4 is 14.5 Å². The minimum Gasteiger partial charge on any atom is -0.532 e. The zero-order valence-electron chi connectivity index (χ0n) is 9.83. The molecule has 0 atom stereocenters. The molecule has 0 unspecified atom stereocenters. The maximum absolute atomic E-state index is 12.6. The van der Waals surface area contributed by atoms with E-state index in [9.17, 15) is 4.39 Å². The lowest BCUT2D eigenvalue weighted by atomic mass is 10.2. The van der Waals surface area contributed by atoms with Gasteiger partial charge >= 0.3 is 0 Å². The van der Waals surface area contributed by atoms with Crippen LogP contribution in [0.15, 0.2) is 41.7 Å². The molecule has 0 heterocycles. The van der Waals surface area contributed by atoms with E-state index in [4.69, 9.17) is 4.43 Å². The molecule has 0 bridgehead atoms. The standard InChI is InChI=1S/C12H16FNOSi/c1-10(15-16(2,3)4)14-9-11-5-7-12(13)8-6-11/h5-9H,1H2,2-4H3. The van der Waals surface area contributed by atoms with E-state index in [1.165, 1.54) is 12.1 Å². The Hall–Kier alpha value is -1.42. The highest BCUT2D eigenvalue weighted by Crippen LogP contribution is 2.09. The monoisotopic (exact) mass is 237 g/mol. The zero-order chi connectivity index (χ0) is 12.2. The van der Waals surface area contributed by atoms with Crippen molar-refractivity contribution in [2.24, 2.45) is 4.99 Å². The third-order valence-electron chi connectivity index (χ3n) is 1.65. The predicted molar refractivity (Wildman–Crippen MR) is 67.6 cm³/mol. The van der Waals surface area contributed by atoms with Crippen LogP contribution in [0.1, 0.15) is 5.56 Å². The summed E-state index contributed by atoms with van der Waals surface area (Å²) >= 11 is 0. The molecule has 0 saturated carbocycles. The average Bonchev–Trinajstić information content (AvgIpc) is 2.14. The molecule has 0 fully saturated rings. The first-order valence-electron chi connectivity index (χ1n) is 5.04. The number of aliphatic imine (C=N–C) groups is 1. The number of benzene rings is 1. The number of hydrogen-bond donors (Lipinski definition) is 0. The topological polar surface area (TPSA) is 21.6 Å². The molecular formula is C12H16FNOSi. The van der Waals surface area contributed by atoms with Gasteiger partial charge in [0.2, 0.25) is 8.32 Å². The molecule has 4 heteroatoms. The highest BCUT2D eigenvalue weighted by atomic mass is 28.4. The maximum Gasteiger partial charge on any atom is 0.244 e. The number of nitrogens with zero attached hydrogens (tertiary/aromatic N) is 1.